The van der Waals surface area contributed by atoms with Crippen LogP contribution in [-0.4, -0.2) is 30.0 Å². The maximum Gasteiger partial charge on any atom is 0.284 e. The van der Waals surface area contributed by atoms with E-state index in [0.29, 0.717) is 10.4 Å². The van der Waals surface area contributed by atoms with E-state index in [1.54, 1.807) is 24.3 Å². The monoisotopic (exact) mass is 319 g/mol. The lowest BCUT2D eigenvalue weighted by atomic mass is 10.2. The minimum Gasteiger partial charge on any atom is -0.618 e. The van der Waals surface area contributed by atoms with E-state index in [2.05, 4.69) is 0 Å². The van der Waals surface area contributed by atoms with Crippen LogP contribution >= 0.6 is 11.6 Å². The van der Waals surface area contributed by atoms with Crippen LogP contribution in [0.5, 0.6) is 0 Å². The van der Waals surface area contributed by atoms with Crippen LogP contribution in [0.15, 0.2) is 42.5 Å². The summed E-state index contributed by atoms with van der Waals surface area (Å²) in [5, 5.41) is 23.4. The van der Waals surface area contributed by atoms with Crippen LogP contribution in [0.2, 0.25) is 5.02 Å². The predicted molar refractivity (Wildman–Crippen MR) is 87.3 cm³/mol. The van der Waals surface area contributed by atoms with E-state index >= 15 is 0 Å². The zero-order valence-electron chi connectivity index (χ0n) is 12.1. The minimum absolute atomic E-state index is 0.0841. The molecule has 0 unspecified atom stereocenters. The number of benzene rings is 2. The second-order valence-electron chi connectivity index (χ2n) is 4.80. The van der Waals surface area contributed by atoms with E-state index in [0.717, 1.165) is 11.9 Å². The molecule has 0 N–H and O–H groups in total. The molecule has 0 aromatic heterocycles. The van der Waals surface area contributed by atoms with Crippen molar-refractivity contribution in [3.8, 4) is 0 Å². The topological polar surface area (TPSA) is 72.5 Å². The first-order chi connectivity index (χ1) is 10.4. The average Bonchev–Trinajstić information content (AvgIpc) is 2.49. The molecule has 2 rings (SSSR count). The van der Waals surface area contributed by atoms with Crippen LogP contribution < -0.4 is 4.90 Å². The molecule has 0 radical (unpaired) electrons. The number of halogens is 1. The second kappa shape index (κ2) is 6.44. The van der Waals surface area contributed by atoms with Crippen molar-refractivity contribution in [1.29, 1.82) is 0 Å². The van der Waals surface area contributed by atoms with Crippen molar-refractivity contribution in [2.75, 3.05) is 19.0 Å². The fourth-order valence-corrected chi connectivity index (χ4v) is 2.12. The van der Waals surface area contributed by atoms with E-state index in [4.69, 9.17) is 11.6 Å². The number of hydrogen-bond acceptors (Lipinski definition) is 4. The summed E-state index contributed by atoms with van der Waals surface area (Å²) in [6, 6.07) is 11.1. The largest absolute Gasteiger partial charge is 0.618 e. The summed E-state index contributed by atoms with van der Waals surface area (Å²) in [5.41, 5.74) is 1.18. The Morgan fingerprint density at radius 3 is 2.27 bits per heavy atom. The normalized spacial score (nSPS) is 11.3. The number of anilines is 1. The van der Waals surface area contributed by atoms with Gasteiger partial charge in [0, 0.05) is 38.0 Å². The number of nitro groups is 1. The number of hydrogen-bond donors (Lipinski definition) is 0. The van der Waals surface area contributed by atoms with Crippen molar-refractivity contribution in [2.24, 2.45) is 0 Å². The minimum atomic E-state index is -0.569. The Bertz CT molecular complexity index is 727. The highest BCUT2D eigenvalue weighted by atomic mass is 35.5. The summed E-state index contributed by atoms with van der Waals surface area (Å²) in [5.74, 6) is 0. The third-order valence-corrected chi connectivity index (χ3v) is 3.42. The van der Waals surface area contributed by atoms with Gasteiger partial charge in [-0.15, -0.1) is 0 Å². The zero-order chi connectivity index (χ0) is 16.3. The Hall–Kier alpha value is -2.60. The van der Waals surface area contributed by atoms with Gasteiger partial charge in [-0.25, -0.2) is 0 Å². The van der Waals surface area contributed by atoms with Gasteiger partial charge < -0.3 is 10.1 Å². The molecule has 0 fully saturated rings. The molecule has 0 aliphatic carbocycles. The molecule has 0 spiro atoms. The van der Waals surface area contributed by atoms with Crippen LogP contribution in [0.3, 0.4) is 0 Å². The van der Waals surface area contributed by atoms with Gasteiger partial charge in [0.15, 0.2) is 6.21 Å². The molecule has 7 heteroatoms. The summed E-state index contributed by atoms with van der Waals surface area (Å²) in [7, 11) is 3.78. The molecule has 114 valence electrons. The predicted octanol–water partition coefficient (Wildman–Crippen LogP) is 3.58. The van der Waals surface area contributed by atoms with Gasteiger partial charge in [0.25, 0.3) is 5.69 Å². The number of nitro benzene ring substituents is 1. The Morgan fingerprint density at radius 2 is 1.73 bits per heavy atom. The number of nitrogens with zero attached hydrogens (tertiary/aromatic N) is 3. The number of rotatable bonds is 4. The fourth-order valence-electron chi connectivity index (χ4n) is 1.90. The van der Waals surface area contributed by atoms with Crippen LogP contribution in [0.1, 0.15) is 5.56 Å². The molecule has 6 nitrogen and oxygen atoms in total. The molecule has 0 amide bonds. The van der Waals surface area contributed by atoms with Crippen LogP contribution in [0.4, 0.5) is 17.1 Å². The van der Waals surface area contributed by atoms with Gasteiger partial charge in [0.2, 0.25) is 5.69 Å². The van der Waals surface area contributed by atoms with E-state index in [1.165, 1.54) is 18.2 Å². The van der Waals surface area contributed by atoms with Gasteiger partial charge in [0.1, 0.15) is 5.56 Å². The quantitative estimate of drug-likeness (QED) is 0.284. The van der Waals surface area contributed by atoms with Crippen LogP contribution in [-0.2, 0) is 0 Å². The molecule has 2 aromatic rings. The maximum atomic E-state index is 12.2. The van der Waals surface area contributed by atoms with E-state index < -0.39 is 4.92 Å². The lowest BCUT2D eigenvalue weighted by Crippen LogP contribution is -2.08. The van der Waals surface area contributed by atoms with Crippen molar-refractivity contribution in [1.82, 2.24) is 0 Å². The summed E-state index contributed by atoms with van der Waals surface area (Å²) in [6.45, 7) is 0. The molecule has 0 aliphatic rings. The lowest BCUT2D eigenvalue weighted by Gasteiger charge is -2.12. The molecular formula is C15H14ClN3O3. The summed E-state index contributed by atoms with van der Waals surface area (Å²) in [4.78, 5) is 12.3. The Morgan fingerprint density at radius 1 is 1.09 bits per heavy atom. The lowest BCUT2D eigenvalue weighted by molar-refractivity contribution is -0.386. The van der Waals surface area contributed by atoms with Gasteiger partial charge in [-0.1, -0.05) is 17.7 Å². The Labute approximate surface area is 132 Å². The highest BCUT2D eigenvalue weighted by Crippen LogP contribution is 2.25. The Balaban J connectivity index is 2.43. The third-order valence-electron chi connectivity index (χ3n) is 3.09. The van der Waals surface area contributed by atoms with Gasteiger partial charge in [-0.05, 0) is 18.2 Å². The molecule has 2 aromatic carbocycles. The molecule has 22 heavy (non-hydrogen) atoms. The van der Waals surface area contributed by atoms with Gasteiger partial charge in [-0.2, -0.15) is 4.74 Å². The van der Waals surface area contributed by atoms with E-state index in [9.17, 15) is 15.3 Å². The van der Waals surface area contributed by atoms with Crippen molar-refractivity contribution in [3.05, 3.63) is 68.4 Å². The van der Waals surface area contributed by atoms with Gasteiger partial charge >= 0.3 is 0 Å². The molecule has 0 saturated heterocycles. The first-order valence-corrected chi connectivity index (χ1v) is 6.79. The van der Waals surface area contributed by atoms with Crippen molar-refractivity contribution >= 4 is 34.9 Å². The summed E-state index contributed by atoms with van der Waals surface area (Å²) < 4.78 is 0.563. The summed E-state index contributed by atoms with van der Waals surface area (Å²) in [6.07, 6.45) is 1.12. The van der Waals surface area contributed by atoms with Crippen LogP contribution in [0.25, 0.3) is 0 Å². The molecule has 0 bridgehead atoms. The van der Waals surface area contributed by atoms with E-state index in [1.807, 2.05) is 19.0 Å². The standard InChI is InChI=1S/C15H14ClN3O3/c1-17(2)11-6-8-12(9-7-11)18(20)10-13-14(16)4-3-5-15(13)19(21)22/h3-10H,1-2H3/b18-10-. The molecule has 0 atom stereocenters. The second-order valence-corrected chi connectivity index (χ2v) is 5.20. The molecule has 0 saturated carbocycles. The maximum absolute atomic E-state index is 12.2. The average molecular weight is 320 g/mol. The SMILES string of the molecule is CN(C)c1ccc(/[N+]([O-])=C/c2c(Cl)cccc2[N+](=O)[O-])cc1. The van der Waals surface area contributed by atoms with Gasteiger partial charge in [-0.3, -0.25) is 10.1 Å². The molecule has 0 aliphatic heterocycles. The van der Waals surface area contributed by atoms with Crippen molar-refractivity contribution < 1.29 is 9.66 Å². The van der Waals surface area contributed by atoms with E-state index in [-0.39, 0.29) is 16.3 Å². The van der Waals surface area contributed by atoms with Crippen LogP contribution in [0, 0.1) is 15.3 Å². The van der Waals surface area contributed by atoms with Crippen molar-refractivity contribution in [3.63, 3.8) is 0 Å². The smallest absolute Gasteiger partial charge is 0.284 e. The molecule has 0 heterocycles. The third kappa shape index (κ3) is 3.35. The Kier molecular flexibility index (Phi) is 4.62. The van der Waals surface area contributed by atoms with Crippen molar-refractivity contribution in [2.45, 2.75) is 0 Å². The zero-order valence-corrected chi connectivity index (χ0v) is 12.8. The summed E-state index contributed by atoms with van der Waals surface area (Å²) >= 11 is 5.96. The molecular weight excluding hydrogens is 306 g/mol. The first kappa shape index (κ1) is 15.8. The van der Waals surface area contributed by atoms with Gasteiger partial charge in [0.05, 0.1) is 9.95 Å². The highest BCUT2D eigenvalue weighted by molar-refractivity contribution is 6.33. The first-order valence-electron chi connectivity index (χ1n) is 6.41. The highest BCUT2D eigenvalue weighted by Gasteiger charge is 2.18. The fraction of sp³-hybridized carbons (Fsp3) is 0.133.